The lowest BCUT2D eigenvalue weighted by molar-refractivity contribution is 0.455. The Morgan fingerprint density at radius 1 is 1.44 bits per heavy atom. The maximum Gasteiger partial charge on any atom is 0.277 e. The molecule has 0 aliphatic carbocycles. The van der Waals surface area contributed by atoms with Crippen LogP contribution in [0.1, 0.15) is 6.92 Å². The summed E-state index contributed by atoms with van der Waals surface area (Å²) in [6.45, 7) is 2.58. The van der Waals surface area contributed by atoms with Crippen molar-refractivity contribution in [1.82, 2.24) is 15.0 Å². The third-order valence-corrected chi connectivity index (χ3v) is 3.05. The molecule has 84 valence electrons. The predicted octanol–water partition coefficient (Wildman–Crippen LogP) is 1.36. The van der Waals surface area contributed by atoms with Crippen molar-refractivity contribution in [1.29, 1.82) is 0 Å². The highest BCUT2D eigenvalue weighted by Crippen LogP contribution is 2.05. The molecule has 2 rings (SSSR count). The summed E-state index contributed by atoms with van der Waals surface area (Å²) >= 11 is 4.19. The Hall–Kier alpha value is -1.36. The fourth-order valence-corrected chi connectivity index (χ4v) is 1.61. The minimum atomic E-state index is -0.0840. The number of benzene rings is 1. The molecular formula is C11H13N3OS. The second-order valence-electron chi connectivity index (χ2n) is 3.88. The number of hydrogen-bond donors (Lipinski definition) is 1. The zero-order valence-corrected chi connectivity index (χ0v) is 9.89. The summed E-state index contributed by atoms with van der Waals surface area (Å²) in [6, 6.07) is 7.24. The Morgan fingerprint density at radius 3 is 2.94 bits per heavy atom. The molecule has 1 heterocycles. The van der Waals surface area contributed by atoms with Crippen LogP contribution in [0.3, 0.4) is 0 Å². The monoisotopic (exact) mass is 235 g/mol. The van der Waals surface area contributed by atoms with Gasteiger partial charge in [-0.1, -0.05) is 24.3 Å². The summed E-state index contributed by atoms with van der Waals surface area (Å²) in [5.74, 6) is 1.03. The molecule has 16 heavy (non-hydrogen) atoms. The quantitative estimate of drug-likeness (QED) is 0.817. The van der Waals surface area contributed by atoms with Gasteiger partial charge in [-0.05, 0) is 23.8 Å². The van der Waals surface area contributed by atoms with Gasteiger partial charge in [0.15, 0.2) is 0 Å². The molecule has 1 aromatic heterocycles. The summed E-state index contributed by atoms with van der Waals surface area (Å²) in [6.07, 6.45) is 0. The average Bonchev–Trinajstić information content (AvgIpc) is 2.33. The lowest BCUT2D eigenvalue weighted by Crippen LogP contribution is -2.27. The van der Waals surface area contributed by atoms with E-state index in [9.17, 15) is 4.79 Å². The van der Waals surface area contributed by atoms with Crippen molar-refractivity contribution in [2.24, 2.45) is 5.92 Å². The van der Waals surface area contributed by atoms with Crippen LogP contribution in [-0.2, 0) is 6.54 Å². The van der Waals surface area contributed by atoms with Gasteiger partial charge in [0, 0.05) is 6.54 Å². The minimum Gasteiger partial charge on any atom is -0.267 e. The van der Waals surface area contributed by atoms with Gasteiger partial charge in [-0.15, -0.1) is 5.10 Å². The first kappa shape index (κ1) is 11.1. The van der Waals surface area contributed by atoms with E-state index in [4.69, 9.17) is 0 Å². The van der Waals surface area contributed by atoms with Gasteiger partial charge in [0.05, 0.1) is 5.39 Å². The summed E-state index contributed by atoms with van der Waals surface area (Å²) in [5, 5.41) is 8.55. The van der Waals surface area contributed by atoms with Crippen LogP contribution >= 0.6 is 12.6 Å². The van der Waals surface area contributed by atoms with Gasteiger partial charge < -0.3 is 0 Å². The summed E-state index contributed by atoms with van der Waals surface area (Å²) in [7, 11) is 0. The fourth-order valence-electron chi connectivity index (χ4n) is 1.50. The maximum absolute atomic E-state index is 12.0. The van der Waals surface area contributed by atoms with E-state index in [-0.39, 0.29) is 5.56 Å². The Balaban J connectivity index is 2.49. The van der Waals surface area contributed by atoms with E-state index in [1.54, 1.807) is 12.1 Å². The van der Waals surface area contributed by atoms with Crippen molar-refractivity contribution in [3.63, 3.8) is 0 Å². The second-order valence-corrected chi connectivity index (χ2v) is 4.25. The van der Waals surface area contributed by atoms with E-state index in [1.807, 2.05) is 19.1 Å². The van der Waals surface area contributed by atoms with Crippen molar-refractivity contribution >= 4 is 23.5 Å². The van der Waals surface area contributed by atoms with Gasteiger partial charge in [-0.25, -0.2) is 4.68 Å². The van der Waals surface area contributed by atoms with Crippen molar-refractivity contribution in [3.8, 4) is 0 Å². The molecule has 0 saturated carbocycles. The number of fused-ring (bicyclic) bond motifs is 1. The van der Waals surface area contributed by atoms with E-state index >= 15 is 0 Å². The van der Waals surface area contributed by atoms with Gasteiger partial charge in [0.1, 0.15) is 5.52 Å². The first-order chi connectivity index (χ1) is 7.72. The first-order valence-electron chi connectivity index (χ1n) is 5.15. The van der Waals surface area contributed by atoms with Crippen molar-refractivity contribution in [3.05, 3.63) is 34.6 Å². The zero-order valence-electron chi connectivity index (χ0n) is 9.00. The van der Waals surface area contributed by atoms with Crippen LogP contribution in [0.4, 0.5) is 0 Å². The van der Waals surface area contributed by atoms with Gasteiger partial charge in [-0.3, -0.25) is 4.79 Å². The standard InChI is InChI=1S/C11H13N3OS/c1-8(7-16)6-14-11(15)9-4-2-3-5-10(9)12-13-14/h2-5,8,16H,6-7H2,1H3. The molecule has 0 fully saturated rings. The highest BCUT2D eigenvalue weighted by atomic mass is 32.1. The molecule has 0 bridgehead atoms. The van der Waals surface area contributed by atoms with Crippen LogP contribution in [-0.4, -0.2) is 20.7 Å². The van der Waals surface area contributed by atoms with E-state index in [2.05, 4.69) is 22.9 Å². The van der Waals surface area contributed by atoms with Crippen LogP contribution in [0.25, 0.3) is 10.9 Å². The zero-order chi connectivity index (χ0) is 11.5. The Kier molecular flexibility index (Phi) is 3.24. The fraction of sp³-hybridized carbons (Fsp3) is 0.364. The number of thiol groups is 1. The largest absolute Gasteiger partial charge is 0.277 e. The highest BCUT2D eigenvalue weighted by Gasteiger charge is 2.07. The van der Waals surface area contributed by atoms with Crippen LogP contribution in [0.15, 0.2) is 29.1 Å². The number of aromatic nitrogens is 3. The number of rotatable bonds is 3. The van der Waals surface area contributed by atoms with Crippen LogP contribution in [0.5, 0.6) is 0 Å². The SMILES string of the molecule is CC(CS)Cn1nnc2ccccc2c1=O. The molecule has 0 radical (unpaired) electrons. The highest BCUT2D eigenvalue weighted by molar-refractivity contribution is 7.80. The molecule has 0 aliphatic heterocycles. The van der Waals surface area contributed by atoms with Crippen molar-refractivity contribution in [2.45, 2.75) is 13.5 Å². The van der Waals surface area contributed by atoms with Gasteiger partial charge in [0.25, 0.3) is 5.56 Å². The van der Waals surface area contributed by atoms with Gasteiger partial charge in [-0.2, -0.15) is 12.6 Å². The topological polar surface area (TPSA) is 47.8 Å². The smallest absolute Gasteiger partial charge is 0.267 e. The predicted molar refractivity (Wildman–Crippen MR) is 66.8 cm³/mol. The molecule has 1 unspecified atom stereocenters. The molecule has 1 aromatic carbocycles. The lowest BCUT2D eigenvalue weighted by atomic mass is 10.2. The summed E-state index contributed by atoms with van der Waals surface area (Å²) < 4.78 is 1.41. The van der Waals surface area contributed by atoms with E-state index in [0.717, 1.165) is 5.75 Å². The van der Waals surface area contributed by atoms with Gasteiger partial charge >= 0.3 is 0 Å². The van der Waals surface area contributed by atoms with Crippen LogP contribution in [0.2, 0.25) is 0 Å². The molecule has 1 atom stereocenters. The minimum absolute atomic E-state index is 0.0840. The lowest BCUT2D eigenvalue weighted by Gasteiger charge is -2.08. The third kappa shape index (κ3) is 2.09. The third-order valence-electron chi connectivity index (χ3n) is 2.43. The van der Waals surface area contributed by atoms with Crippen LogP contribution < -0.4 is 5.56 Å². The summed E-state index contributed by atoms with van der Waals surface area (Å²) in [4.78, 5) is 12.0. The second kappa shape index (κ2) is 4.65. The molecule has 5 heteroatoms. The molecule has 4 nitrogen and oxygen atoms in total. The normalized spacial score (nSPS) is 12.9. The Labute approximate surface area is 98.7 Å². The Bertz CT molecular complexity index is 552. The van der Waals surface area contributed by atoms with E-state index < -0.39 is 0 Å². The van der Waals surface area contributed by atoms with Gasteiger partial charge in [0.2, 0.25) is 0 Å². The first-order valence-corrected chi connectivity index (χ1v) is 5.79. The number of hydrogen-bond acceptors (Lipinski definition) is 4. The molecule has 0 amide bonds. The molecule has 0 spiro atoms. The Morgan fingerprint density at radius 2 is 2.19 bits per heavy atom. The molecule has 0 saturated heterocycles. The summed E-state index contributed by atoms with van der Waals surface area (Å²) in [5.41, 5.74) is 0.557. The molecule has 2 aromatic rings. The average molecular weight is 235 g/mol. The number of nitrogens with zero attached hydrogens (tertiary/aromatic N) is 3. The van der Waals surface area contributed by atoms with Crippen molar-refractivity contribution < 1.29 is 0 Å². The molecular weight excluding hydrogens is 222 g/mol. The molecule has 0 aliphatic rings. The maximum atomic E-state index is 12.0. The van der Waals surface area contributed by atoms with Crippen molar-refractivity contribution in [2.75, 3.05) is 5.75 Å². The van der Waals surface area contributed by atoms with E-state index in [1.165, 1.54) is 4.68 Å². The van der Waals surface area contributed by atoms with Crippen LogP contribution in [0, 0.1) is 5.92 Å². The molecule has 0 N–H and O–H groups in total. The van der Waals surface area contributed by atoms with E-state index in [0.29, 0.717) is 23.4 Å².